The summed E-state index contributed by atoms with van der Waals surface area (Å²) >= 11 is 8.75. The van der Waals surface area contributed by atoms with Gasteiger partial charge in [-0.05, 0) is 39.8 Å². The number of pyridine rings is 1. The van der Waals surface area contributed by atoms with Gasteiger partial charge in [-0.1, -0.05) is 30.3 Å². The Kier molecular flexibility index (Phi) is 3.01. The molecular formula is C13H10BrN3S. The van der Waals surface area contributed by atoms with Crippen molar-refractivity contribution in [3.05, 3.63) is 57.4 Å². The number of H-pyrrole nitrogens is 1. The van der Waals surface area contributed by atoms with Crippen LogP contribution in [0.25, 0.3) is 11.2 Å². The second-order valence-corrected chi connectivity index (χ2v) is 5.33. The molecule has 0 saturated carbocycles. The summed E-state index contributed by atoms with van der Waals surface area (Å²) in [5.41, 5.74) is 3.04. The summed E-state index contributed by atoms with van der Waals surface area (Å²) < 4.78 is 3.64. The molecular weight excluding hydrogens is 310 g/mol. The van der Waals surface area contributed by atoms with Crippen LogP contribution in [0.1, 0.15) is 5.56 Å². The predicted octanol–water partition coefficient (Wildman–Crippen LogP) is 3.90. The molecule has 0 amide bonds. The van der Waals surface area contributed by atoms with Crippen molar-refractivity contribution in [3.8, 4) is 0 Å². The van der Waals surface area contributed by atoms with Crippen molar-refractivity contribution in [1.82, 2.24) is 14.5 Å². The standard InChI is InChI=1S/C13H10BrN3S/c14-10-6-11-12(15-7-10)17(13(18)16-11)8-9-4-2-1-3-5-9/h1-7H,8H2,(H,16,18). The lowest BCUT2D eigenvalue weighted by Gasteiger charge is -2.03. The van der Waals surface area contributed by atoms with Gasteiger partial charge in [-0.2, -0.15) is 0 Å². The van der Waals surface area contributed by atoms with Crippen LogP contribution in [-0.4, -0.2) is 14.5 Å². The van der Waals surface area contributed by atoms with Gasteiger partial charge in [0.25, 0.3) is 0 Å². The molecule has 0 spiro atoms. The lowest BCUT2D eigenvalue weighted by molar-refractivity contribution is 0.801. The maximum atomic E-state index is 5.35. The molecule has 2 heterocycles. The van der Waals surface area contributed by atoms with Gasteiger partial charge in [0.2, 0.25) is 0 Å². The molecule has 0 atom stereocenters. The topological polar surface area (TPSA) is 33.6 Å². The van der Waals surface area contributed by atoms with Gasteiger partial charge in [0.05, 0.1) is 12.1 Å². The first-order valence-corrected chi connectivity index (χ1v) is 6.72. The summed E-state index contributed by atoms with van der Waals surface area (Å²) in [6.07, 6.45) is 1.78. The molecule has 1 N–H and O–H groups in total. The van der Waals surface area contributed by atoms with Gasteiger partial charge in [0.15, 0.2) is 10.4 Å². The van der Waals surface area contributed by atoms with E-state index in [4.69, 9.17) is 12.2 Å². The third-order valence-electron chi connectivity index (χ3n) is 2.76. The maximum absolute atomic E-state index is 5.35. The zero-order valence-electron chi connectivity index (χ0n) is 9.43. The Morgan fingerprint density at radius 1 is 1.28 bits per heavy atom. The van der Waals surface area contributed by atoms with Gasteiger partial charge in [0.1, 0.15) is 0 Å². The highest BCUT2D eigenvalue weighted by atomic mass is 79.9. The molecule has 0 radical (unpaired) electrons. The molecule has 2 aromatic heterocycles. The molecule has 0 bridgehead atoms. The van der Waals surface area contributed by atoms with Crippen LogP contribution in [0, 0.1) is 4.77 Å². The Labute approximate surface area is 118 Å². The molecule has 0 fully saturated rings. The first-order chi connectivity index (χ1) is 8.74. The molecule has 5 heteroatoms. The molecule has 0 aliphatic carbocycles. The van der Waals surface area contributed by atoms with Crippen molar-refractivity contribution in [1.29, 1.82) is 0 Å². The highest BCUT2D eigenvalue weighted by Crippen LogP contribution is 2.17. The largest absolute Gasteiger partial charge is 0.329 e. The van der Waals surface area contributed by atoms with Gasteiger partial charge in [-0.3, -0.25) is 4.57 Å². The van der Waals surface area contributed by atoms with E-state index in [1.165, 1.54) is 5.56 Å². The number of aromatic amines is 1. The summed E-state index contributed by atoms with van der Waals surface area (Å²) in [5.74, 6) is 0. The fourth-order valence-corrected chi connectivity index (χ4v) is 2.52. The minimum Gasteiger partial charge on any atom is -0.329 e. The Morgan fingerprint density at radius 3 is 2.83 bits per heavy atom. The highest BCUT2D eigenvalue weighted by molar-refractivity contribution is 9.10. The van der Waals surface area contributed by atoms with E-state index in [1.807, 2.05) is 28.8 Å². The summed E-state index contributed by atoms with van der Waals surface area (Å²) in [4.78, 5) is 7.59. The van der Waals surface area contributed by atoms with E-state index in [2.05, 4.69) is 38.0 Å². The molecule has 3 aromatic rings. The predicted molar refractivity (Wildman–Crippen MR) is 78.2 cm³/mol. The van der Waals surface area contributed by atoms with Crippen LogP contribution in [0.5, 0.6) is 0 Å². The van der Waals surface area contributed by atoms with Crippen molar-refractivity contribution in [2.75, 3.05) is 0 Å². The first-order valence-electron chi connectivity index (χ1n) is 5.52. The van der Waals surface area contributed by atoms with E-state index in [0.29, 0.717) is 4.77 Å². The number of halogens is 1. The molecule has 1 aromatic carbocycles. The monoisotopic (exact) mass is 319 g/mol. The summed E-state index contributed by atoms with van der Waals surface area (Å²) in [6, 6.07) is 12.2. The molecule has 0 aliphatic rings. The third kappa shape index (κ3) is 2.11. The van der Waals surface area contributed by atoms with E-state index in [0.717, 1.165) is 22.2 Å². The Morgan fingerprint density at radius 2 is 2.06 bits per heavy atom. The molecule has 0 saturated heterocycles. The zero-order valence-corrected chi connectivity index (χ0v) is 11.8. The molecule has 3 nitrogen and oxygen atoms in total. The van der Waals surface area contributed by atoms with Crippen LogP contribution in [0.3, 0.4) is 0 Å². The summed E-state index contributed by atoms with van der Waals surface area (Å²) in [7, 11) is 0. The van der Waals surface area contributed by atoms with Crippen LogP contribution in [-0.2, 0) is 6.54 Å². The van der Waals surface area contributed by atoms with Crippen LogP contribution < -0.4 is 0 Å². The quantitative estimate of drug-likeness (QED) is 0.727. The van der Waals surface area contributed by atoms with Gasteiger partial charge in [0, 0.05) is 10.7 Å². The number of imidazole rings is 1. The number of aromatic nitrogens is 3. The van der Waals surface area contributed by atoms with Crippen LogP contribution >= 0.6 is 28.1 Å². The molecule has 0 unspecified atom stereocenters. The number of hydrogen-bond donors (Lipinski definition) is 1. The Hall–Kier alpha value is -1.46. The van der Waals surface area contributed by atoms with Crippen LogP contribution in [0.2, 0.25) is 0 Å². The number of nitrogens with zero attached hydrogens (tertiary/aromatic N) is 2. The first kappa shape index (κ1) is 11.6. The second kappa shape index (κ2) is 4.66. The van der Waals surface area contributed by atoms with Gasteiger partial charge in [-0.25, -0.2) is 4.98 Å². The van der Waals surface area contributed by atoms with Crippen molar-refractivity contribution >= 4 is 39.3 Å². The van der Waals surface area contributed by atoms with Gasteiger partial charge < -0.3 is 4.98 Å². The number of hydrogen-bond acceptors (Lipinski definition) is 2. The average molecular weight is 320 g/mol. The van der Waals surface area contributed by atoms with Gasteiger partial charge in [-0.15, -0.1) is 0 Å². The average Bonchev–Trinajstić information content (AvgIpc) is 2.66. The van der Waals surface area contributed by atoms with Crippen molar-refractivity contribution in [2.24, 2.45) is 0 Å². The minimum absolute atomic E-state index is 0.694. The van der Waals surface area contributed by atoms with Crippen LogP contribution in [0.15, 0.2) is 47.1 Å². The molecule has 90 valence electrons. The lowest BCUT2D eigenvalue weighted by atomic mass is 10.2. The fourth-order valence-electron chi connectivity index (χ4n) is 1.93. The van der Waals surface area contributed by atoms with E-state index in [-0.39, 0.29) is 0 Å². The number of fused-ring (bicyclic) bond motifs is 1. The number of benzene rings is 1. The van der Waals surface area contributed by atoms with E-state index in [1.54, 1.807) is 6.20 Å². The zero-order chi connectivity index (χ0) is 12.5. The van der Waals surface area contributed by atoms with Gasteiger partial charge >= 0.3 is 0 Å². The van der Waals surface area contributed by atoms with Crippen molar-refractivity contribution in [3.63, 3.8) is 0 Å². The van der Waals surface area contributed by atoms with Crippen LogP contribution in [0.4, 0.5) is 0 Å². The fraction of sp³-hybridized carbons (Fsp3) is 0.0769. The third-order valence-corrected chi connectivity index (χ3v) is 3.52. The summed E-state index contributed by atoms with van der Waals surface area (Å²) in [6.45, 7) is 0.730. The normalized spacial score (nSPS) is 10.9. The van der Waals surface area contributed by atoms with Crippen molar-refractivity contribution in [2.45, 2.75) is 6.54 Å². The minimum atomic E-state index is 0.694. The number of rotatable bonds is 2. The molecule has 18 heavy (non-hydrogen) atoms. The summed E-state index contributed by atoms with van der Waals surface area (Å²) in [5, 5.41) is 0. The molecule has 3 rings (SSSR count). The second-order valence-electron chi connectivity index (χ2n) is 4.03. The van der Waals surface area contributed by atoms with E-state index < -0.39 is 0 Å². The van der Waals surface area contributed by atoms with Crippen molar-refractivity contribution < 1.29 is 0 Å². The number of nitrogens with one attached hydrogen (secondary N) is 1. The molecule has 0 aliphatic heterocycles. The highest BCUT2D eigenvalue weighted by Gasteiger charge is 2.06. The smallest absolute Gasteiger partial charge is 0.179 e. The lowest BCUT2D eigenvalue weighted by Crippen LogP contribution is -2.00. The van der Waals surface area contributed by atoms with E-state index in [9.17, 15) is 0 Å². The SMILES string of the molecule is S=c1[nH]c2cc(Br)cnc2n1Cc1ccccc1. The van der Waals surface area contributed by atoms with E-state index >= 15 is 0 Å². The maximum Gasteiger partial charge on any atom is 0.179 e. The Balaban J connectivity index is 2.12. The Bertz CT molecular complexity index is 746.